The van der Waals surface area contributed by atoms with Gasteiger partial charge in [0.2, 0.25) is 0 Å². The number of aromatic carboxylic acids is 1. The van der Waals surface area contributed by atoms with E-state index in [1.165, 1.54) is 17.5 Å². The van der Waals surface area contributed by atoms with E-state index in [2.05, 4.69) is 35.3 Å². The van der Waals surface area contributed by atoms with Crippen LogP contribution >= 0.6 is 34.8 Å². The Morgan fingerprint density at radius 3 is 1.15 bits per heavy atom. The summed E-state index contributed by atoms with van der Waals surface area (Å²) < 4.78 is 0. The van der Waals surface area contributed by atoms with Crippen LogP contribution in [0, 0.1) is 36.5 Å². The van der Waals surface area contributed by atoms with E-state index in [0.29, 0.717) is 77.7 Å². The monoisotopic (exact) mass is 948 g/mol. The summed E-state index contributed by atoms with van der Waals surface area (Å²) >= 11 is 14.9. The lowest BCUT2D eigenvalue weighted by Gasteiger charge is -2.33. The fraction of sp³-hybridized carbons (Fsp3) is 0.385. The molecule has 2 heterocycles. The molecule has 66 heavy (non-hydrogen) atoms. The van der Waals surface area contributed by atoms with Gasteiger partial charge in [0.1, 0.15) is 0 Å². The molecule has 0 radical (unpaired) electrons. The van der Waals surface area contributed by atoms with Crippen molar-refractivity contribution in [2.45, 2.75) is 102 Å². The summed E-state index contributed by atoms with van der Waals surface area (Å²) in [7, 11) is 0. The van der Waals surface area contributed by atoms with Gasteiger partial charge < -0.3 is 14.9 Å². The minimum Gasteiger partial charge on any atom is -0.478 e. The number of rotatable bonds is 9. The third-order valence-corrected chi connectivity index (χ3v) is 14.2. The average Bonchev–Trinajstić information content (AvgIpc) is 3.28. The van der Waals surface area contributed by atoms with Gasteiger partial charge in [0.05, 0.1) is 28.8 Å². The van der Waals surface area contributed by atoms with Crippen molar-refractivity contribution in [1.29, 1.82) is 10.5 Å². The molecule has 4 aromatic rings. The number of carbonyl (C=O) groups is 6. The van der Waals surface area contributed by atoms with Crippen LogP contribution in [0.25, 0.3) is 0 Å². The normalized spacial score (nSPS) is 16.4. The predicted octanol–water partition coefficient (Wildman–Crippen LogP) is 10.9. The summed E-state index contributed by atoms with van der Waals surface area (Å²) in [5.74, 6) is 0.405. The molecule has 14 heteroatoms. The number of benzene rings is 4. The Hall–Kier alpha value is -5.85. The van der Waals surface area contributed by atoms with E-state index in [1.807, 2.05) is 84.3 Å². The van der Waals surface area contributed by atoms with Gasteiger partial charge in [0.25, 0.3) is 17.1 Å². The summed E-state index contributed by atoms with van der Waals surface area (Å²) in [6.45, 7) is 6.51. The van der Waals surface area contributed by atoms with Gasteiger partial charge in [0, 0.05) is 42.9 Å². The number of halogens is 3. The lowest BCUT2D eigenvalue weighted by Crippen LogP contribution is -2.38. The first kappa shape index (κ1) is 49.6. The van der Waals surface area contributed by atoms with E-state index in [4.69, 9.17) is 22.1 Å². The van der Waals surface area contributed by atoms with Gasteiger partial charge in [0.15, 0.2) is 0 Å². The minimum absolute atomic E-state index is 0.0231. The minimum atomic E-state index is -1.14. The van der Waals surface area contributed by atoms with Gasteiger partial charge in [-0.2, -0.15) is 10.5 Å². The SMILES string of the molecule is Cc1cc(C2CCC2)c(C(=O)Cl)cc1C(=O)N1CCC(c2ccc(C#N)cc2)CC1.Cc1cc(C2CCC2)c(C(=O)O)cc1C(=O)N1CCC(c2ccc(C#N)cc2)CC1.O=C(Cl)C(=O)Cl. The Bertz CT molecular complexity index is 2400. The molecular weight excluding hydrogens is 899 g/mol. The van der Waals surface area contributed by atoms with Crippen LogP contribution in [0.2, 0.25) is 0 Å². The highest BCUT2D eigenvalue weighted by atomic mass is 35.5. The average molecular weight is 950 g/mol. The highest BCUT2D eigenvalue weighted by molar-refractivity contribution is 6.97. The molecule has 0 unspecified atom stereocenters. The molecular formula is C52H51Cl3N4O7. The van der Waals surface area contributed by atoms with Gasteiger partial charge in [-0.25, -0.2) is 4.79 Å². The summed E-state index contributed by atoms with van der Waals surface area (Å²) in [6, 6.07) is 26.9. The molecule has 1 N–H and O–H groups in total. The second-order valence-corrected chi connectivity index (χ2v) is 18.5. The van der Waals surface area contributed by atoms with Gasteiger partial charge in [-0.15, -0.1) is 0 Å². The van der Waals surface area contributed by atoms with Crippen LogP contribution in [0.3, 0.4) is 0 Å². The van der Waals surface area contributed by atoms with E-state index < -0.39 is 21.7 Å². The van der Waals surface area contributed by atoms with Crippen molar-refractivity contribution < 1.29 is 33.9 Å². The lowest BCUT2D eigenvalue weighted by atomic mass is 9.77. The Kier molecular flexibility index (Phi) is 17.0. The van der Waals surface area contributed by atoms with Crippen molar-refractivity contribution in [2.24, 2.45) is 0 Å². The van der Waals surface area contributed by atoms with Crippen molar-refractivity contribution in [3.05, 3.63) is 140 Å². The number of carboxylic acid groups (broad SMARTS) is 1. The number of carboxylic acids is 1. The second kappa shape index (κ2) is 22.6. The first-order chi connectivity index (χ1) is 31.6. The molecule has 2 amide bonds. The largest absolute Gasteiger partial charge is 0.478 e. The molecule has 2 aliphatic carbocycles. The summed E-state index contributed by atoms with van der Waals surface area (Å²) in [4.78, 5) is 72.9. The van der Waals surface area contributed by atoms with E-state index in [9.17, 15) is 33.9 Å². The summed E-state index contributed by atoms with van der Waals surface area (Å²) in [6.07, 6.45) is 10.0. The summed E-state index contributed by atoms with van der Waals surface area (Å²) in [5, 5.41) is 24.8. The van der Waals surface area contributed by atoms with Crippen molar-refractivity contribution in [1.82, 2.24) is 9.80 Å². The molecule has 4 aliphatic rings. The molecule has 2 saturated heterocycles. The molecule has 2 saturated carbocycles. The van der Waals surface area contributed by atoms with Crippen molar-refractivity contribution in [3.8, 4) is 12.1 Å². The summed E-state index contributed by atoms with van der Waals surface area (Å²) in [5.41, 5.74) is 9.25. The molecule has 4 aromatic carbocycles. The maximum absolute atomic E-state index is 13.2. The maximum Gasteiger partial charge on any atom is 0.335 e. The highest BCUT2D eigenvalue weighted by Crippen LogP contribution is 2.41. The molecule has 0 bridgehead atoms. The number of amides is 2. The number of piperidine rings is 2. The van der Waals surface area contributed by atoms with Crippen LogP contribution in [-0.4, -0.2) is 74.6 Å². The number of hydrogen-bond acceptors (Lipinski definition) is 8. The zero-order chi connectivity index (χ0) is 47.7. The predicted molar refractivity (Wildman–Crippen MR) is 252 cm³/mol. The van der Waals surface area contributed by atoms with Gasteiger partial charge in [-0.05, 0) is 193 Å². The molecule has 0 atom stereocenters. The molecule has 0 aromatic heterocycles. The van der Waals surface area contributed by atoms with E-state index in [0.717, 1.165) is 80.0 Å². The standard InChI is InChI=1S/C25H25ClN2O2.C25H26N2O3.C2Cl2O2/c1-16-13-22(20-3-2-4-20)23(24(26)29)14-21(16)25(30)28-11-9-19(10-12-28)18-7-5-17(15-27)6-8-18;1-16-13-22(20-3-2-4-20)23(25(29)30)14-21(16)24(28)27-11-9-19(10-12-27)18-7-5-17(15-26)6-8-18;3-1(5)2(4)6/h5-8,13-14,19-20H,2-4,9-12H2,1H3;5-8,13-14,19-20H,2-4,9-12H2,1H3,(H,29,30);. The van der Waals surface area contributed by atoms with Crippen LogP contribution in [0.15, 0.2) is 72.8 Å². The second-order valence-electron chi connectivity index (χ2n) is 17.5. The molecule has 8 rings (SSSR count). The van der Waals surface area contributed by atoms with Crippen molar-refractivity contribution in [2.75, 3.05) is 26.2 Å². The number of nitriles is 2. The van der Waals surface area contributed by atoms with E-state index in [-0.39, 0.29) is 17.4 Å². The first-order valence-electron chi connectivity index (χ1n) is 22.3. The topological polar surface area (TPSA) is 177 Å². The van der Waals surface area contributed by atoms with Gasteiger partial charge in [-0.3, -0.25) is 24.0 Å². The Morgan fingerprint density at radius 2 is 0.864 bits per heavy atom. The Morgan fingerprint density at radius 1 is 0.515 bits per heavy atom. The van der Waals surface area contributed by atoms with E-state index in [1.54, 1.807) is 12.1 Å². The van der Waals surface area contributed by atoms with Gasteiger partial charge in [-0.1, -0.05) is 49.2 Å². The van der Waals surface area contributed by atoms with Gasteiger partial charge >= 0.3 is 16.5 Å². The van der Waals surface area contributed by atoms with Crippen LogP contribution in [0.1, 0.15) is 174 Å². The fourth-order valence-corrected chi connectivity index (χ4v) is 9.39. The van der Waals surface area contributed by atoms with Crippen LogP contribution in [-0.2, 0) is 9.59 Å². The first-order valence-corrected chi connectivity index (χ1v) is 23.4. The lowest BCUT2D eigenvalue weighted by molar-refractivity contribution is -0.127. The number of nitrogens with zero attached hydrogens (tertiary/aromatic N) is 4. The zero-order valence-corrected chi connectivity index (χ0v) is 39.2. The highest BCUT2D eigenvalue weighted by Gasteiger charge is 2.31. The molecule has 11 nitrogen and oxygen atoms in total. The Labute approximate surface area is 400 Å². The molecule has 342 valence electrons. The zero-order valence-electron chi connectivity index (χ0n) is 37.0. The molecule has 0 spiro atoms. The van der Waals surface area contributed by atoms with Crippen LogP contribution in [0.5, 0.6) is 0 Å². The van der Waals surface area contributed by atoms with Crippen LogP contribution < -0.4 is 0 Å². The fourth-order valence-electron chi connectivity index (χ4n) is 9.22. The number of hydrogen-bond donors (Lipinski definition) is 1. The molecule has 4 fully saturated rings. The van der Waals surface area contributed by atoms with Crippen LogP contribution in [0.4, 0.5) is 0 Å². The number of likely N-dealkylation sites (tertiary alicyclic amines) is 2. The smallest absolute Gasteiger partial charge is 0.335 e. The Balaban J connectivity index is 0.000000194. The number of carbonyl (C=O) groups excluding carboxylic acids is 5. The van der Waals surface area contributed by atoms with Crippen molar-refractivity contribution in [3.63, 3.8) is 0 Å². The van der Waals surface area contributed by atoms with E-state index >= 15 is 0 Å². The molecule has 2 aliphatic heterocycles. The number of aryl methyl sites for hydroxylation is 2. The quantitative estimate of drug-likeness (QED) is 0.126. The third kappa shape index (κ3) is 11.9. The van der Waals surface area contributed by atoms with Crippen molar-refractivity contribution >= 4 is 68.3 Å². The third-order valence-electron chi connectivity index (χ3n) is 13.5. The maximum atomic E-state index is 13.2.